The highest BCUT2D eigenvalue weighted by molar-refractivity contribution is 5.26. The second-order valence-electron chi connectivity index (χ2n) is 7.34. The first-order valence-corrected chi connectivity index (χ1v) is 7.99. The largest absolute Gasteiger partial charge is 0.310 e. The predicted octanol–water partition coefficient (Wildman–Crippen LogP) is 3.69. The molecule has 2 rings (SSSR count). The van der Waals surface area contributed by atoms with E-state index in [1.54, 1.807) is 0 Å². The van der Waals surface area contributed by atoms with Gasteiger partial charge in [0.1, 0.15) is 5.82 Å². The number of fused-ring (bicyclic) bond motifs is 1. The summed E-state index contributed by atoms with van der Waals surface area (Å²) < 4.78 is 0. The number of hydrogen-bond acceptors (Lipinski definition) is 3. The Bertz CT molecular complexity index is 452. The molecule has 1 aliphatic rings. The summed E-state index contributed by atoms with van der Waals surface area (Å²) >= 11 is 0. The highest BCUT2D eigenvalue weighted by atomic mass is 15.0. The van der Waals surface area contributed by atoms with E-state index in [0.717, 1.165) is 25.2 Å². The zero-order valence-corrected chi connectivity index (χ0v) is 13.7. The van der Waals surface area contributed by atoms with Crippen molar-refractivity contribution >= 4 is 0 Å². The number of rotatable bonds is 5. The molecule has 3 heteroatoms. The third-order valence-electron chi connectivity index (χ3n) is 3.96. The van der Waals surface area contributed by atoms with Crippen molar-refractivity contribution < 1.29 is 0 Å². The third-order valence-corrected chi connectivity index (χ3v) is 3.96. The smallest absolute Gasteiger partial charge is 0.128 e. The molecule has 1 unspecified atom stereocenters. The molecular weight excluding hydrogens is 246 g/mol. The molecule has 0 spiro atoms. The first kappa shape index (κ1) is 15.4. The molecule has 1 N–H and O–H groups in total. The van der Waals surface area contributed by atoms with Gasteiger partial charge >= 0.3 is 0 Å². The van der Waals surface area contributed by atoms with Crippen molar-refractivity contribution in [2.45, 2.75) is 66.3 Å². The highest BCUT2D eigenvalue weighted by Gasteiger charge is 2.33. The molecule has 1 aromatic rings. The molecule has 1 atom stereocenters. The highest BCUT2D eigenvalue weighted by Crippen LogP contribution is 2.39. The fourth-order valence-electron chi connectivity index (χ4n) is 3.05. The van der Waals surface area contributed by atoms with E-state index in [0.29, 0.717) is 17.4 Å². The molecular formula is C17H29N3. The van der Waals surface area contributed by atoms with Gasteiger partial charge in [0, 0.05) is 29.9 Å². The lowest BCUT2D eigenvalue weighted by Gasteiger charge is -2.36. The van der Waals surface area contributed by atoms with Crippen LogP contribution in [-0.4, -0.2) is 16.5 Å². The van der Waals surface area contributed by atoms with Crippen molar-refractivity contribution in [3.63, 3.8) is 0 Å². The fraction of sp³-hybridized carbons (Fsp3) is 0.765. The summed E-state index contributed by atoms with van der Waals surface area (Å²) in [4.78, 5) is 9.44. The Balaban J connectivity index is 2.26. The second-order valence-corrected chi connectivity index (χ2v) is 7.34. The molecule has 0 amide bonds. The maximum Gasteiger partial charge on any atom is 0.128 e. The second kappa shape index (κ2) is 6.21. The van der Waals surface area contributed by atoms with Crippen LogP contribution in [0, 0.1) is 11.3 Å². The van der Waals surface area contributed by atoms with E-state index in [9.17, 15) is 0 Å². The fourth-order valence-corrected chi connectivity index (χ4v) is 3.05. The van der Waals surface area contributed by atoms with E-state index in [-0.39, 0.29) is 0 Å². The van der Waals surface area contributed by atoms with E-state index in [4.69, 9.17) is 4.98 Å². The summed E-state index contributed by atoms with van der Waals surface area (Å²) in [5.74, 6) is 1.62. The Morgan fingerprint density at radius 3 is 2.80 bits per heavy atom. The molecule has 0 fully saturated rings. The normalized spacial score (nSPS) is 21.0. The molecule has 0 aliphatic heterocycles. The van der Waals surface area contributed by atoms with E-state index in [1.165, 1.54) is 24.1 Å². The topological polar surface area (TPSA) is 37.8 Å². The summed E-state index contributed by atoms with van der Waals surface area (Å²) in [5, 5.41) is 3.66. The molecule has 20 heavy (non-hydrogen) atoms. The van der Waals surface area contributed by atoms with Crippen molar-refractivity contribution in [1.82, 2.24) is 15.3 Å². The van der Waals surface area contributed by atoms with Crippen molar-refractivity contribution in [2.24, 2.45) is 11.3 Å². The van der Waals surface area contributed by atoms with Gasteiger partial charge in [-0.1, -0.05) is 34.6 Å². The first-order valence-electron chi connectivity index (χ1n) is 7.99. The van der Waals surface area contributed by atoms with Crippen molar-refractivity contribution in [3.8, 4) is 0 Å². The summed E-state index contributed by atoms with van der Waals surface area (Å²) in [6.07, 6.45) is 6.45. The molecule has 1 aliphatic carbocycles. The number of hydrogen-bond donors (Lipinski definition) is 1. The van der Waals surface area contributed by atoms with E-state index in [2.05, 4.69) is 51.1 Å². The molecule has 0 aromatic carbocycles. The van der Waals surface area contributed by atoms with Gasteiger partial charge in [0.15, 0.2) is 0 Å². The first-order chi connectivity index (χ1) is 9.41. The zero-order chi connectivity index (χ0) is 14.8. The van der Waals surface area contributed by atoms with Crippen molar-refractivity contribution in [3.05, 3.63) is 23.3 Å². The van der Waals surface area contributed by atoms with Gasteiger partial charge in [0.2, 0.25) is 0 Å². The average molecular weight is 275 g/mol. The standard InChI is InChI=1S/C17H29N3/c1-6-7-18-14-9-17(4,5)10-15-13(14)11-19-16(20-15)8-12(2)3/h11-12,14,18H,6-10H2,1-5H3. The van der Waals surface area contributed by atoms with Gasteiger partial charge in [-0.2, -0.15) is 0 Å². The Morgan fingerprint density at radius 1 is 1.40 bits per heavy atom. The number of nitrogens with zero attached hydrogens (tertiary/aromatic N) is 2. The Labute approximate surface area is 123 Å². The van der Waals surface area contributed by atoms with Gasteiger partial charge in [0.05, 0.1) is 0 Å². The molecule has 0 saturated carbocycles. The van der Waals surface area contributed by atoms with E-state index in [1.807, 2.05) is 0 Å². The lowest BCUT2D eigenvalue weighted by Crippen LogP contribution is -2.34. The Kier molecular flexibility index (Phi) is 4.79. The SMILES string of the molecule is CCCNC1CC(C)(C)Cc2nc(CC(C)C)ncc21. The minimum Gasteiger partial charge on any atom is -0.310 e. The van der Waals surface area contributed by atoms with Crippen LogP contribution in [0.15, 0.2) is 6.20 Å². The quantitative estimate of drug-likeness (QED) is 0.890. The van der Waals surface area contributed by atoms with Crippen LogP contribution >= 0.6 is 0 Å². The summed E-state index contributed by atoms with van der Waals surface area (Å²) in [6, 6.07) is 0.418. The number of aromatic nitrogens is 2. The van der Waals surface area contributed by atoms with Crippen LogP contribution in [0.4, 0.5) is 0 Å². The lowest BCUT2D eigenvalue weighted by atomic mass is 9.74. The van der Waals surface area contributed by atoms with Crippen LogP contribution in [-0.2, 0) is 12.8 Å². The monoisotopic (exact) mass is 275 g/mol. The van der Waals surface area contributed by atoms with Gasteiger partial charge in [-0.05, 0) is 37.1 Å². The van der Waals surface area contributed by atoms with E-state index < -0.39 is 0 Å². The third kappa shape index (κ3) is 3.78. The predicted molar refractivity (Wildman–Crippen MR) is 83.7 cm³/mol. The molecule has 112 valence electrons. The molecule has 3 nitrogen and oxygen atoms in total. The molecule has 1 aromatic heterocycles. The molecule has 0 radical (unpaired) electrons. The maximum atomic E-state index is 4.86. The molecule has 0 bridgehead atoms. The van der Waals surface area contributed by atoms with Gasteiger partial charge in [0.25, 0.3) is 0 Å². The van der Waals surface area contributed by atoms with Gasteiger partial charge < -0.3 is 5.32 Å². The van der Waals surface area contributed by atoms with Crippen LogP contribution < -0.4 is 5.32 Å². The summed E-state index contributed by atoms with van der Waals surface area (Å²) in [6.45, 7) is 12.4. The van der Waals surface area contributed by atoms with Gasteiger partial charge in [-0.25, -0.2) is 9.97 Å². The van der Waals surface area contributed by atoms with Gasteiger partial charge in [-0.15, -0.1) is 0 Å². The summed E-state index contributed by atoms with van der Waals surface area (Å²) in [5.41, 5.74) is 2.91. The maximum absolute atomic E-state index is 4.86. The minimum absolute atomic E-state index is 0.321. The van der Waals surface area contributed by atoms with E-state index >= 15 is 0 Å². The number of nitrogens with one attached hydrogen (secondary N) is 1. The van der Waals surface area contributed by atoms with Crippen LogP contribution in [0.25, 0.3) is 0 Å². The van der Waals surface area contributed by atoms with Crippen molar-refractivity contribution in [1.29, 1.82) is 0 Å². The van der Waals surface area contributed by atoms with Crippen LogP contribution in [0.1, 0.15) is 70.6 Å². The minimum atomic E-state index is 0.321. The Hall–Kier alpha value is -0.960. The molecule has 1 heterocycles. The summed E-state index contributed by atoms with van der Waals surface area (Å²) in [7, 11) is 0. The zero-order valence-electron chi connectivity index (χ0n) is 13.7. The Morgan fingerprint density at radius 2 is 2.15 bits per heavy atom. The van der Waals surface area contributed by atoms with Crippen LogP contribution in [0.3, 0.4) is 0 Å². The average Bonchev–Trinajstić information content (AvgIpc) is 2.33. The lowest BCUT2D eigenvalue weighted by molar-refractivity contribution is 0.253. The molecule has 0 saturated heterocycles. The van der Waals surface area contributed by atoms with Crippen LogP contribution in [0.5, 0.6) is 0 Å². The van der Waals surface area contributed by atoms with Crippen molar-refractivity contribution in [2.75, 3.05) is 6.54 Å². The van der Waals surface area contributed by atoms with Crippen LogP contribution in [0.2, 0.25) is 0 Å². The van der Waals surface area contributed by atoms with Gasteiger partial charge in [-0.3, -0.25) is 0 Å².